The molecule has 1 atom stereocenters. The maximum absolute atomic E-state index is 12.4. The summed E-state index contributed by atoms with van der Waals surface area (Å²) in [6.45, 7) is 2.05. The largest absolute Gasteiger partial charge is 0.349 e. The predicted molar refractivity (Wildman–Crippen MR) is 104 cm³/mol. The number of amides is 1. The van der Waals surface area contributed by atoms with E-state index in [1.165, 1.54) is 19.3 Å². The monoisotopic (exact) mass is 364 g/mol. The molecule has 2 aromatic rings. The molecular formula is C20H24N6O. The van der Waals surface area contributed by atoms with Crippen molar-refractivity contribution in [2.45, 2.75) is 57.3 Å². The summed E-state index contributed by atoms with van der Waals surface area (Å²) in [6.07, 6.45) is 9.27. The number of hydrogen-bond donors (Lipinski definition) is 3. The minimum atomic E-state index is -0.116. The first kappa shape index (κ1) is 16.5. The fourth-order valence-corrected chi connectivity index (χ4v) is 3.56. The van der Waals surface area contributed by atoms with E-state index in [2.05, 4.69) is 25.9 Å². The SMILES string of the molecule is Cc1ccc(C(=O)NC2CC2)cc1-n1cnc2c1NC=NC2NC1CCC1. The molecule has 0 saturated heterocycles. The number of aromatic nitrogens is 2. The summed E-state index contributed by atoms with van der Waals surface area (Å²) in [6, 6.07) is 6.69. The van der Waals surface area contributed by atoms with Gasteiger partial charge in [-0.2, -0.15) is 0 Å². The van der Waals surface area contributed by atoms with E-state index in [-0.39, 0.29) is 12.1 Å². The van der Waals surface area contributed by atoms with Gasteiger partial charge in [-0.3, -0.25) is 14.7 Å². The van der Waals surface area contributed by atoms with Gasteiger partial charge in [-0.05, 0) is 50.3 Å². The average Bonchev–Trinajstić information content (AvgIpc) is 3.34. The highest BCUT2D eigenvalue weighted by molar-refractivity contribution is 5.95. The van der Waals surface area contributed by atoms with Crippen molar-refractivity contribution in [2.24, 2.45) is 4.99 Å². The number of aryl methyl sites for hydroxylation is 1. The number of hydrogen-bond acceptors (Lipinski definition) is 5. The predicted octanol–water partition coefficient (Wildman–Crippen LogP) is 2.67. The van der Waals surface area contributed by atoms with Crippen molar-refractivity contribution < 1.29 is 4.79 Å². The number of fused-ring (bicyclic) bond motifs is 1. The second-order valence-corrected chi connectivity index (χ2v) is 7.72. The first-order chi connectivity index (χ1) is 13.2. The van der Waals surface area contributed by atoms with Crippen molar-refractivity contribution in [3.05, 3.63) is 41.3 Å². The van der Waals surface area contributed by atoms with Crippen molar-refractivity contribution in [2.75, 3.05) is 5.32 Å². The molecule has 1 aromatic carbocycles. The zero-order valence-electron chi connectivity index (χ0n) is 15.4. The number of imidazole rings is 1. The van der Waals surface area contributed by atoms with Crippen LogP contribution >= 0.6 is 0 Å². The fraction of sp³-hybridized carbons (Fsp3) is 0.450. The van der Waals surface area contributed by atoms with Gasteiger partial charge in [0, 0.05) is 17.6 Å². The number of nitrogens with one attached hydrogen (secondary N) is 3. The molecule has 2 heterocycles. The molecule has 0 radical (unpaired) electrons. The normalized spacial score (nSPS) is 21.3. The molecule has 1 aromatic heterocycles. The van der Waals surface area contributed by atoms with Crippen molar-refractivity contribution in [3.8, 4) is 5.69 Å². The van der Waals surface area contributed by atoms with Gasteiger partial charge < -0.3 is 10.6 Å². The minimum Gasteiger partial charge on any atom is -0.349 e. The third-order valence-corrected chi connectivity index (χ3v) is 5.62. The van der Waals surface area contributed by atoms with Crippen molar-refractivity contribution in [1.29, 1.82) is 0 Å². The topological polar surface area (TPSA) is 83.3 Å². The highest BCUT2D eigenvalue weighted by Crippen LogP contribution is 2.32. The summed E-state index contributed by atoms with van der Waals surface area (Å²) in [5.41, 5.74) is 3.62. The molecule has 2 fully saturated rings. The molecule has 1 unspecified atom stereocenters. The summed E-state index contributed by atoms with van der Waals surface area (Å²) in [5, 5.41) is 9.86. The second kappa shape index (κ2) is 6.49. The molecule has 1 aliphatic heterocycles. The van der Waals surface area contributed by atoms with Crippen LogP contribution in [0.15, 0.2) is 29.5 Å². The highest BCUT2D eigenvalue weighted by atomic mass is 16.1. The lowest BCUT2D eigenvalue weighted by Crippen LogP contribution is -2.38. The van der Waals surface area contributed by atoms with Gasteiger partial charge in [-0.25, -0.2) is 9.98 Å². The molecule has 0 spiro atoms. The van der Waals surface area contributed by atoms with Gasteiger partial charge in [0.2, 0.25) is 0 Å². The highest BCUT2D eigenvalue weighted by Gasteiger charge is 2.28. The summed E-state index contributed by atoms with van der Waals surface area (Å²) in [5.74, 6) is 0.899. The van der Waals surface area contributed by atoms with E-state index >= 15 is 0 Å². The summed E-state index contributed by atoms with van der Waals surface area (Å²) in [7, 11) is 0. The Bertz CT molecular complexity index is 909. The number of anilines is 1. The Hall–Kier alpha value is -2.67. The van der Waals surface area contributed by atoms with Crippen LogP contribution in [0.2, 0.25) is 0 Å². The average molecular weight is 364 g/mol. The van der Waals surface area contributed by atoms with E-state index in [1.807, 2.05) is 36.0 Å². The van der Waals surface area contributed by atoms with Gasteiger partial charge in [0.1, 0.15) is 24.0 Å². The molecule has 2 aliphatic carbocycles. The van der Waals surface area contributed by atoms with E-state index in [9.17, 15) is 4.79 Å². The molecule has 27 heavy (non-hydrogen) atoms. The Labute approximate surface area is 158 Å². The minimum absolute atomic E-state index is 0.00761. The van der Waals surface area contributed by atoms with E-state index < -0.39 is 0 Å². The van der Waals surface area contributed by atoms with Crippen molar-refractivity contribution in [1.82, 2.24) is 20.2 Å². The van der Waals surface area contributed by atoms with Crippen molar-refractivity contribution >= 4 is 18.1 Å². The standard InChI is InChI=1S/C20H24N6O/c1-12-5-6-13(20(27)25-15-7-8-15)9-16(12)26-11-23-17-18(21-10-22-19(17)26)24-14-3-2-4-14/h5-6,9-11,14-15,18,24H,2-4,7-8H2,1H3,(H,21,22)(H,25,27). The maximum atomic E-state index is 12.4. The van der Waals surface area contributed by atoms with Gasteiger partial charge in [-0.1, -0.05) is 12.5 Å². The number of benzene rings is 1. The maximum Gasteiger partial charge on any atom is 0.251 e. The molecule has 0 bridgehead atoms. The zero-order chi connectivity index (χ0) is 18.4. The lowest BCUT2D eigenvalue weighted by molar-refractivity contribution is 0.0951. The van der Waals surface area contributed by atoms with Crippen LogP contribution in [-0.2, 0) is 0 Å². The molecule has 3 N–H and O–H groups in total. The van der Waals surface area contributed by atoms with Crippen LogP contribution in [0.3, 0.4) is 0 Å². The molecule has 140 valence electrons. The summed E-state index contributed by atoms with van der Waals surface area (Å²) in [4.78, 5) is 21.6. The van der Waals surface area contributed by atoms with E-state index in [0.29, 0.717) is 17.6 Å². The number of carbonyl (C=O) groups is 1. The smallest absolute Gasteiger partial charge is 0.251 e. The third-order valence-electron chi connectivity index (χ3n) is 5.62. The van der Waals surface area contributed by atoms with Crippen LogP contribution in [0.5, 0.6) is 0 Å². The van der Waals surface area contributed by atoms with E-state index in [1.54, 1.807) is 6.34 Å². The van der Waals surface area contributed by atoms with Crippen LogP contribution in [0.25, 0.3) is 5.69 Å². The first-order valence-corrected chi connectivity index (χ1v) is 9.72. The molecule has 7 nitrogen and oxygen atoms in total. The van der Waals surface area contributed by atoms with Gasteiger partial charge in [0.05, 0.1) is 12.0 Å². The van der Waals surface area contributed by atoms with Gasteiger partial charge >= 0.3 is 0 Å². The number of carbonyl (C=O) groups excluding carboxylic acids is 1. The Balaban J connectivity index is 1.45. The van der Waals surface area contributed by atoms with Gasteiger partial charge in [0.15, 0.2) is 0 Å². The Morgan fingerprint density at radius 1 is 1.22 bits per heavy atom. The Kier molecular flexibility index (Phi) is 3.97. The Morgan fingerprint density at radius 2 is 2.07 bits per heavy atom. The fourth-order valence-electron chi connectivity index (χ4n) is 3.56. The van der Waals surface area contributed by atoms with Gasteiger partial charge in [-0.15, -0.1) is 0 Å². The lowest BCUT2D eigenvalue weighted by Gasteiger charge is -2.30. The van der Waals surface area contributed by atoms with E-state index in [0.717, 1.165) is 35.6 Å². The zero-order valence-corrected chi connectivity index (χ0v) is 15.4. The number of aliphatic imine (C=N–C) groups is 1. The van der Waals surface area contributed by atoms with E-state index in [4.69, 9.17) is 0 Å². The van der Waals surface area contributed by atoms with Crippen LogP contribution in [-0.4, -0.2) is 33.9 Å². The summed E-state index contributed by atoms with van der Waals surface area (Å²) >= 11 is 0. The van der Waals surface area contributed by atoms with Crippen LogP contribution in [0.4, 0.5) is 5.82 Å². The quantitative estimate of drug-likeness (QED) is 0.762. The van der Waals surface area contributed by atoms with Crippen LogP contribution < -0.4 is 16.0 Å². The summed E-state index contributed by atoms with van der Waals surface area (Å²) < 4.78 is 2.01. The molecular weight excluding hydrogens is 340 g/mol. The van der Waals surface area contributed by atoms with Crippen LogP contribution in [0.1, 0.15) is 59.9 Å². The number of rotatable bonds is 5. The number of nitrogens with zero attached hydrogens (tertiary/aromatic N) is 3. The lowest BCUT2D eigenvalue weighted by atomic mass is 9.93. The molecule has 3 aliphatic rings. The third kappa shape index (κ3) is 3.12. The van der Waals surface area contributed by atoms with Crippen LogP contribution in [0, 0.1) is 6.92 Å². The van der Waals surface area contributed by atoms with Gasteiger partial charge in [0.25, 0.3) is 5.91 Å². The second-order valence-electron chi connectivity index (χ2n) is 7.72. The Morgan fingerprint density at radius 3 is 2.81 bits per heavy atom. The van der Waals surface area contributed by atoms with Crippen molar-refractivity contribution in [3.63, 3.8) is 0 Å². The first-order valence-electron chi connectivity index (χ1n) is 9.72. The molecule has 5 rings (SSSR count). The molecule has 1 amide bonds. The molecule has 2 saturated carbocycles. The molecule has 7 heteroatoms.